The van der Waals surface area contributed by atoms with Crippen molar-refractivity contribution in [2.24, 2.45) is 0 Å². The minimum atomic E-state index is -7.42. The molecule has 0 amide bonds. The quantitative estimate of drug-likeness (QED) is 0.0824. The predicted octanol–water partition coefficient (Wildman–Crippen LogP) is 3.62. The Hall–Kier alpha value is -1.17. The van der Waals surface area contributed by atoms with Crippen molar-refractivity contribution in [1.82, 2.24) is 0 Å². The molecule has 0 fully saturated rings. The molecule has 0 spiro atoms. The van der Waals surface area contributed by atoms with Crippen molar-refractivity contribution in [3.63, 3.8) is 0 Å². The first-order valence-corrected chi connectivity index (χ1v) is 13.9. The van der Waals surface area contributed by atoms with E-state index >= 15 is 0 Å². The predicted molar refractivity (Wildman–Crippen MR) is 135 cm³/mol. The third-order valence-electron chi connectivity index (χ3n) is 5.38. The summed E-state index contributed by atoms with van der Waals surface area (Å²) in [6.07, 6.45) is -9.45. The van der Waals surface area contributed by atoms with E-state index in [0.717, 1.165) is 0 Å². The van der Waals surface area contributed by atoms with Crippen LogP contribution in [-0.4, -0.2) is 161 Å². The van der Waals surface area contributed by atoms with Gasteiger partial charge in [0.15, 0.2) is 0 Å². The molecule has 0 aliphatic heterocycles. The highest BCUT2D eigenvalue weighted by molar-refractivity contribution is 5.06. The van der Waals surface area contributed by atoms with E-state index in [1.807, 2.05) is 0 Å². The number of aliphatic hydroxyl groups is 1. The van der Waals surface area contributed by atoms with Crippen LogP contribution < -0.4 is 0 Å². The Morgan fingerprint density at radius 2 is 0.543 bits per heavy atom. The smallest absolute Gasteiger partial charge is 0.394 e. The third kappa shape index (κ3) is 17.3. The topological polar surface area (TPSA) is 103 Å². The number of alkyl halides is 11. The minimum Gasteiger partial charge on any atom is -0.394 e. The summed E-state index contributed by atoms with van der Waals surface area (Å²) in [5, 5.41) is 8.54. The molecular formula is C25H41F11O10. The number of hydrogen-bond acceptors (Lipinski definition) is 10. The van der Waals surface area contributed by atoms with Crippen LogP contribution in [0.2, 0.25) is 0 Å². The van der Waals surface area contributed by atoms with E-state index in [2.05, 4.69) is 4.74 Å². The molecule has 0 bridgehead atoms. The monoisotopic (exact) mass is 710 g/mol. The van der Waals surface area contributed by atoms with Crippen molar-refractivity contribution in [1.29, 1.82) is 0 Å². The van der Waals surface area contributed by atoms with Crippen LogP contribution in [0, 0.1) is 0 Å². The standard InChI is InChI=1S/C25H41F11O10/c26-21(27,22(28,29)23(30,31)24(32,33)25(34,35)36)1-3-38-5-7-40-9-11-42-13-15-44-17-19-46-20-18-45-16-14-43-12-10-41-8-6-39-4-2-37/h37H,1-20H2. The maximum Gasteiger partial charge on any atom is 0.460 e. The van der Waals surface area contributed by atoms with Crippen molar-refractivity contribution in [2.45, 2.75) is 36.3 Å². The highest BCUT2D eigenvalue weighted by Gasteiger charge is 2.86. The molecule has 10 nitrogen and oxygen atoms in total. The van der Waals surface area contributed by atoms with Gasteiger partial charge in [-0.05, 0) is 0 Å². The van der Waals surface area contributed by atoms with Crippen molar-refractivity contribution in [3.8, 4) is 0 Å². The first kappa shape index (κ1) is 44.8. The molecule has 0 rings (SSSR count). The van der Waals surface area contributed by atoms with Crippen LogP contribution in [0.4, 0.5) is 48.3 Å². The first-order chi connectivity index (χ1) is 21.6. The van der Waals surface area contributed by atoms with E-state index in [0.29, 0.717) is 66.1 Å². The zero-order valence-electron chi connectivity index (χ0n) is 24.9. The van der Waals surface area contributed by atoms with Gasteiger partial charge in [-0.25, -0.2) is 0 Å². The largest absolute Gasteiger partial charge is 0.460 e. The molecule has 0 radical (unpaired) electrons. The van der Waals surface area contributed by atoms with Gasteiger partial charge in [-0.1, -0.05) is 0 Å². The van der Waals surface area contributed by atoms with Crippen LogP contribution in [0.5, 0.6) is 0 Å². The Balaban J connectivity index is 3.60. The van der Waals surface area contributed by atoms with Gasteiger partial charge >= 0.3 is 29.9 Å². The van der Waals surface area contributed by atoms with Gasteiger partial charge in [-0.15, -0.1) is 0 Å². The van der Waals surface area contributed by atoms with Crippen LogP contribution in [0.1, 0.15) is 6.42 Å². The molecular weight excluding hydrogens is 669 g/mol. The summed E-state index contributed by atoms with van der Waals surface area (Å²) in [7, 11) is 0. The molecule has 0 aromatic heterocycles. The second kappa shape index (κ2) is 24.0. The van der Waals surface area contributed by atoms with Gasteiger partial charge in [0.05, 0.1) is 126 Å². The van der Waals surface area contributed by atoms with Crippen molar-refractivity contribution >= 4 is 0 Å². The van der Waals surface area contributed by atoms with Gasteiger partial charge in [0.2, 0.25) is 0 Å². The fraction of sp³-hybridized carbons (Fsp3) is 1.00. The van der Waals surface area contributed by atoms with E-state index in [1.54, 1.807) is 0 Å². The Morgan fingerprint density at radius 1 is 0.304 bits per heavy atom. The maximum atomic E-state index is 13.5. The lowest BCUT2D eigenvalue weighted by molar-refractivity contribution is -0.422. The molecule has 21 heteroatoms. The van der Waals surface area contributed by atoms with Crippen molar-refractivity contribution in [3.05, 3.63) is 0 Å². The van der Waals surface area contributed by atoms with Gasteiger partial charge < -0.3 is 47.7 Å². The maximum absolute atomic E-state index is 13.5. The summed E-state index contributed by atoms with van der Waals surface area (Å²) >= 11 is 0. The van der Waals surface area contributed by atoms with Gasteiger partial charge in [0.25, 0.3) is 0 Å². The summed E-state index contributed by atoms with van der Waals surface area (Å²) in [4.78, 5) is 0. The van der Waals surface area contributed by atoms with Crippen LogP contribution >= 0.6 is 0 Å². The second-order valence-corrected chi connectivity index (χ2v) is 8.91. The fourth-order valence-electron chi connectivity index (χ4n) is 2.89. The highest BCUT2D eigenvalue weighted by atomic mass is 19.4. The van der Waals surface area contributed by atoms with E-state index in [9.17, 15) is 48.3 Å². The molecule has 0 unspecified atom stereocenters. The molecule has 0 aliphatic rings. The summed E-state index contributed by atoms with van der Waals surface area (Å²) < 4.78 is 188. The number of rotatable bonds is 32. The third-order valence-corrected chi connectivity index (χ3v) is 5.38. The summed E-state index contributed by atoms with van der Waals surface area (Å²) in [6, 6.07) is 0. The number of halogens is 11. The Labute approximate surface area is 258 Å². The van der Waals surface area contributed by atoms with Crippen molar-refractivity contribution in [2.75, 3.05) is 126 Å². The fourth-order valence-corrected chi connectivity index (χ4v) is 2.89. The highest BCUT2D eigenvalue weighted by Crippen LogP contribution is 2.57. The molecule has 0 saturated heterocycles. The first-order valence-electron chi connectivity index (χ1n) is 13.9. The molecule has 0 heterocycles. The Bertz CT molecular complexity index is 735. The molecule has 46 heavy (non-hydrogen) atoms. The lowest BCUT2D eigenvalue weighted by atomic mass is 9.96. The van der Waals surface area contributed by atoms with Crippen LogP contribution in [0.3, 0.4) is 0 Å². The number of aliphatic hydroxyl groups excluding tert-OH is 1. The normalized spacial score (nSPS) is 13.6. The molecule has 0 aliphatic carbocycles. The van der Waals surface area contributed by atoms with E-state index in [4.69, 9.17) is 43.0 Å². The average molecular weight is 711 g/mol. The molecule has 1 N–H and O–H groups in total. The van der Waals surface area contributed by atoms with Crippen molar-refractivity contribution < 1.29 is 96.0 Å². The number of hydrogen-bond donors (Lipinski definition) is 1. The molecule has 0 saturated carbocycles. The van der Waals surface area contributed by atoms with Gasteiger partial charge in [-0.3, -0.25) is 0 Å². The van der Waals surface area contributed by atoms with Crippen LogP contribution in [-0.2, 0) is 42.6 Å². The number of ether oxygens (including phenoxy) is 9. The molecule has 0 atom stereocenters. The SMILES string of the molecule is OCCOCCOCCOCCOCCOCCOCCOCCOCCOCCC(F)(F)C(F)(F)C(F)(F)C(F)(F)C(F)(F)F. The second-order valence-electron chi connectivity index (χ2n) is 8.91. The summed E-state index contributed by atoms with van der Waals surface area (Å²) in [5.74, 6) is -27.8. The summed E-state index contributed by atoms with van der Waals surface area (Å²) in [6.45, 7) is 2.33. The molecule has 0 aromatic rings. The molecule has 278 valence electrons. The van der Waals surface area contributed by atoms with Gasteiger partial charge in [0.1, 0.15) is 0 Å². The van der Waals surface area contributed by atoms with E-state index in [-0.39, 0.29) is 46.2 Å². The zero-order valence-corrected chi connectivity index (χ0v) is 24.9. The van der Waals surface area contributed by atoms with Crippen LogP contribution in [0.25, 0.3) is 0 Å². The minimum absolute atomic E-state index is 0.0141. The summed E-state index contributed by atoms with van der Waals surface area (Å²) in [5.41, 5.74) is 0. The lowest BCUT2D eigenvalue weighted by Gasteiger charge is -2.37. The molecule has 0 aromatic carbocycles. The van der Waals surface area contributed by atoms with E-state index < -0.39 is 49.5 Å². The van der Waals surface area contributed by atoms with E-state index in [1.165, 1.54) is 0 Å². The van der Waals surface area contributed by atoms with Gasteiger partial charge in [0, 0.05) is 6.42 Å². The Kier molecular flexibility index (Phi) is 23.4. The average Bonchev–Trinajstić information content (AvgIpc) is 2.97. The Morgan fingerprint density at radius 3 is 0.783 bits per heavy atom. The van der Waals surface area contributed by atoms with Gasteiger partial charge in [-0.2, -0.15) is 48.3 Å². The lowest BCUT2D eigenvalue weighted by Crippen LogP contribution is -2.66. The van der Waals surface area contributed by atoms with Crippen LogP contribution in [0.15, 0.2) is 0 Å². The zero-order chi connectivity index (χ0) is 35.0.